The minimum atomic E-state index is -4.76. The lowest BCUT2D eigenvalue weighted by Crippen LogP contribution is -2.21. The summed E-state index contributed by atoms with van der Waals surface area (Å²) in [6.45, 7) is 0.944. The second-order valence-electron chi connectivity index (χ2n) is 7.37. The van der Waals surface area contributed by atoms with Crippen LogP contribution >= 0.6 is 11.3 Å². The molecule has 0 spiro atoms. The lowest BCUT2D eigenvalue weighted by molar-refractivity contribution is -0.385. The summed E-state index contributed by atoms with van der Waals surface area (Å²) in [5, 5.41) is 17.6. The summed E-state index contributed by atoms with van der Waals surface area (Å²) in [5.74, 6) is -1.70. The monoisotopic (exact) mass is 504 g/mol. The van der Waals surface area contributed by atoms with Gasteiger partial charge < -0.3 is 11.1 Å². The maximum atomic E-state index is 13.5. The SMILES string of the molecule is Cc1nn(CC(=O)Nc2c(C(N)=O)sc3nc(C(F)(F)F)cc(-c4ccccc4)c23)cc1[N+](=O)[O-]. The van der Waals surface area contributed by atoms with E-state index in [1.807, 2.05) is 0 Å². The van der Waals surface area contributed by atoms with Gasteiger partial charge in [-0.2, -0.15) is 18.3 Å². The number of benzene rings is 1. The molecule has 3 aromatic heterocycles. The molecule has 0 radical (unpaired) electrons. The summed E-state index contributed by atoms with van der Waals surface area (Å²) >= 11 is 0.618. The zero-order valence-corrected chi connectivity index (χ0v) is 18.6. The molecule has 3 heterocycles. The Labute approximate surface area is 198 Å². The molecule has 2 amide bonds. The van der Waals surface area contributed by atoms with Crippen LogP contribution in [0.5, 0.6) is 0 Å². The molecule has 0 unspecified atom stereocenters. The van der Waals surface area contributed by atoms with Crippen LogP contribution in [0.25, 0.3) is 21.3 Å². The number of nitrogens with two attached hydrogens (primary N) is 1. The normalized spacial score (nSPS) is 11.5. The number of rotatable bonds is 6. The summed E-state index contributed by atoms with van der Waals surface area (Å²) in [7, 11) is 0. The number of nitro groups is 1. The molecule has 180 valence electrons. The summed E-state index contributed by atoms with van der Waals surface area (Å²) in [6.07, 6.45) is -3.69. The number of pyridine rings is 1. The first-order valence-corrected chi connectivity index (χ1v) is 10.7. The highest BCUT2D eigenvalue weighted by molar-refractivity contribution is 7.21. The van der Waals surface area contributed by atoms with Crippen LogP contribution in [0.2, 0.25) is 0 Å². The van der Waals surface area contributed by atoms with Crippen LogP contribution in [-0.4, -0.2) is 31.5 Å². The van der Waals surface area contributed by atoms with E-state index in [0.717, 1.165) is 16.9 Å². The van der Waals surface area contributed by atoms with Gasteiger partial charge in [-0.1, -0.05) is 30.3 Å². The third-order valence-electron chi connectivity index (χ3n) is 4.95. The molecule has 0 saturated heterocycles. The van der Waals surface area contributed by atoms with Gasteiger partial charge in [0.1, 0.15) is 33.8 Å². The molecule has 4 rings (SSSR count). The number of amides is 2. The molecule has 14 heteroatoms. The number of nitrogens with zero attached hydrogens (tertiary/aromatic N) is 4. The number of carbonyl (C=O) groups is 2. The van der Waals surface area contributed by atoms with Crippen LogP contribution < -0.4 is 11.1 Å². The van der Waals surface area contributed by atoms with Crippen LogP contribution in [0.1, 0.15) is 21.1 Å². The van der Waals surface area contributed by atoms with Gasteiger partial charge in [0.25, 0.3) is 5.91 Å². The summed E-state index contributed by atoms with van der Waals surface area (Å²) < 4.78 is 41.7. The summed E-state index contributed by atoms with van der Waals surface area (Å²) in [4.78, 5) is 38.6. The predicted octanol–water partition coefficient (Wildman–Crippen LogP) is 4.13. The average molecular weight is 504 g/mol. The van der Waals surface area contributed by atoms with Crippen molar-refractivity contribution < 1.29 is 27.7 Å². The van der Waals surface area contributed by atoms with Crippen LogP contribution in [0.15, 0.2) is 42.6 Å². The molecular formula is C21H15F3N6O4S. The summed E-state index contributed by atoms with van der Waals surface area (Å²) in [6, 6.07) is 8.93. The number of aryl methyl sites for hydroxylation is 1. The van der Waals surface area contributed by atoms with E-state index in [1.165, 1.54) is 6.92 Å². The first-order valence-electron chi connectivity index (χ1n) is 9.84. The Balaban J connectivity index is 1.84. The minimum absolute atomic E-state index is 0.0903. The topological polar surface area (TPSA) is 146 Å². The molecule has 0 atom stereocenters. The van der Waals surface area contributed by atoms with Crippen molar-refractivity contribution in [2.45, 2.75) is 19.6 Å². The molecule has 35 heavy (non-hydrogen) atoms. The zero-order chi connectivity index (χ0) is 25.5. The van der Waals surface area contributed by atoms with Crippen molar-refractivity contribution in [3.05, 3.63) is 69.0 Å². The van der Waals surface area contributed by atoms with E-state index < -0.39 is 35.2 Å². The third-order valence-corrected chi connectivity index (χ3v) is 6.05. The highest BCUT2D eigenvalue weighted by Gasteiger charge is 2.35. The Kier molecular flexibility index (Phi) is 5.98. The van der Waals surface area contributed by atoms with Crippen molar-refractivity contribution in [3.8, 4) is 11.1 Å². The number of hydrogen-bond donors (Lipinski definition) is 2. The smallest absolute Gasteiger partial charge is 0.365 e. The lowest BCUT2D eigenvalue weighted by Gasteiger charge is -2.12. The van der Waals surface area contributed by atoms with Crippen molar-refractivity contribution in [1.29, 1.82) is 0 Å². The predicted molar refractivity (Wildman–Crippen MR) is 121 cm³/mol. The quantitative estimate of drug-likeness (QED) is 0.298. The zero-order valence-electron chi connectivity index (χ0n) is 17.8. The van der Waals surface area contributed by atoms with Crippen molar-refractivity contribution in [2.75, 3.05) is 5.32 Å². The first-order chi connectivity index (χ1) is 16.5. The van der Waals surface area contributed by atoms with E-state index in [2.05, 4.69) is 15.4 Å². The van der Waals surface area contributed by atoms with E-state index in [1.54, 1.807) is 30.3 Å². The number of halogens is 3. The van der Waals surface area contributed by atoms with E-state index >= 15 is 0 Å². The van der Waals surface area contributed by atoms with Gasteiger partial charge in [0.05, 0.1) is 10.6 Å². The van der Waals surface area contributed by atoms with Crippen LogP contribution in [-0.2, 0) is 17.5 Å². The van der Waals surface area contributed by atoms with Crippen molar-refractivity contribution in [3.63, 3.8) is 0 Å². The molecule has 0 aliphatic rings. The van der Waals surface area contributed by atoms with Crippen LogP contribution in [0.4, 0.5) is 24.5 Å². The van der Waals surface area contributed by atoms with E-state index in [-0.39, 0.29) is 37.7 Å². The average Bonchev–Trinajstić information content (AvgIpc) is 3.33. The van der Waals surface area contributed by atoms with E-state index in [0.29, 0.717) is 16.9 Å². The molecule has 1 aromatic carbocycles. The minimum Gasteiger partial charge on any atom is -0.365 e. The van der Waals surface area contributed by atoms with Gasteiger partial charge in [0.2, 0.25) is 5.91 Å². The Morgan fingerprint density at radius 2 is 1.94 bits per heavy atom. The molecule has 4 aromatic rings. The Bertz CT molecular complexity index is 1480. The molecule has 0 saturated carbocycles. The highest BCUT2D eigenvalue weighted by Crippen LogP contribution is 2.43. The fourth-order valence-corrected chi connectivity index (χ4v) is 4.48. The van der Waals surface area contributed by atoms with Crippen molar-refractivity contribution in [2.24, 2.45) is 5.73 Å². The first kappa shape index (κ1) is 23.8. The maximum absolute atomic E-state index is 13.5. The lowest BCUT2D eigenvalue weighted by atomic mass is 10.0. The van der Waals surface area contributed by atoms with Gasteiger partial charge in [0, 0.05) is 5.39 Å². The van der Waals surface area contributed by atoms with Crippen molar-refractivity contribution in [1.82, 2.24) is 14.8 Å². The van der Waals surface area contributed by atoms with Gasteiger partial charge in [-0.25, -0.2) is 4.98 Å². The van der Waals surface area contributed by atoms with Gasteiger partial charge >= 0.3 is 11.9 Å². The van der Waals surface area contributed by atoms with Crippen LogP contribution in [0.3, 0.4) is 0 Å². The number of primary amides is 1. The molecule has 0 aliphatic heterocycles. The van der Waals surface area contributed by atoms with E-state index in [4.69, 9.17) is 5.73 Å². The second kappa shape index (κ2) is 8.79. The molecule has 3 N–H and O–H groups in total. The third kappa shape index (κ3) is 4.68. The Morgan fingerprint density at radius 1 is 1.26 bits per heavy atom. The van der Waals surface area contributed by atoms with Gasteiger partial charge in [-0.15, -0.1) is 11.3 Å². The Hall–Kier alpha value is -4.33. The second-order valence-corrected chi connectivity index (χ2v) is 8.37. The number of fused-ring (bicyclic) bond motifs is 1. The number of alkyl halides is 3. The number of thiophene rings is 1. The fourth-order valence-electron chi connectivity index (χ4n) is 3.48. The number of nitrogens with one attached hydrogen (secondary N) is 1. The Morgan fingerprint density at radius 3 is 2.51 bits per heavy atom. The van der Waals surface area contributed by atoms with Crippen molar-refractivity contribution >= 4 is 44.7 Å². The number of hydrogen-bond acceptors (Lipinski definition) is 7. The number of aromatic nitrogens is 3. The standard InChI is InChI=1S/C21H15F3N6O4S/c1-10-13(30(33)34)8-29(28-10)9-15(31)27-17-16-12(11-5-3-2-4-6-11)7-14(21(22,23)24)26-20(16)35-18(17)19(25)32/h2-8H,9H2,1H3,(H2,25,32)(H,27,31). The maximum Gasteiger partial charge on any atom is 0.433 e. The molecular weight excluding hydrogens is 489 g/mol. The van der Waals surface area contributed by atoms with E-state index in [9.17, 15) is 32.9 Å². The molecule has 0 bridgehead atoms. The largest absolute Gasteiger partial charge is 0.433 e. The number of carbonyl (C=O) groups excluding carboxylic acids is 2. The highest BCUT2D eigenvalue weighted by atomic mass is 32.1. The summed E-state index contributed by atoms with van der Waals surface area (Å²) in [5.41, 5.74) is 4.48. The van der Waals surface area contributed by atoms with Gasteiger partial charge in [-0.3, -0.25) is 24.4 Å². The van der Waals surface area contributed by atoms with Crippen LogP contribution in [0, 0.1) is 17.0 Å². The van der Waals surface area contributed by atoms with Gasteiger partial charge in [-0.05, 0) is 24.1 Å². The fraction of sp³-hybridized carbons (Fsp3) is 0.143. The molecule has 0 aliphatic carbocycles. The molecule has 10 nitrogen and oxygen atoms in total. The van der Waals surface area contributed by atoms with Gasteiger partial charge in [0.15, 0.2) is 0 Å². The molecule has 0 fully saturated rings. The number of anilines is 1.